The maximum Gasteiger partial charge on any atom is 0.184 e. The normalized spacial score (nSPS) is 26.0. The Morgan fingerprint density at radius 1 is 1.38 bits per heavy atom. The van der Waals surface area contributed by atoms with Crippen molar-refractivity contribution in [1.29, 1.82) is 0 Å². The number of rotatable bonds is 0. The number of hydrogen-bond donors (Lipinski definition) is 1. The van der Waals surface area contributed by atoms with Gasteiger partial charge >= 0.3 is 0 Å². The van der Waals surface area contributed by atoms with Crippen LogP contribution in [0.3, 0.4) is 0 Å². The molecule has 1 atom stereocenters. The Bertz CT molecular complexity index is 299. The Morgan fingerprint density at radius 2 is 2.08 bits per heavy atom. The zero-order chi connectivity index (χ0) is 8.60. The second-order valence-electron chi connectivity index (χ2n) is 3.34. The molecule has 0 aromatic heterocycles. The zero-order valence-electron chi connectivity index (χ0n) is 7.51. The summed E-state index contributed by atoms with van der Waals surface area (Å²) in [6, 6.07) is 7.68. The molecule has 2 rings (SSSR count). The van der Waals surface area contributed by atoms with Crippen LogP contribution in [-0.4, -0.2) is 6.54 Å². The van der Waals surface area contributed by atoms with Crippen LogP contribution in [0.1, 0.15) is 18.1 Å². The van der Waals surface area contributed by atoms with Crippen molar-refractivity contribution in [2.24, 2.45) is 0 Å². The van der Waals surface area contributed by atoms with Crippen LogP contribution in [0.2, 0.25) is 0 Å². The summed E-state index contributed by atoms with van der Waals surface area (Å²) in [6.07, 6.45) is 0.926. The maximum absolute atomic E-state index is 13.8. The Labute approximate surface area is 83.8 Å². The summed E-state index contributed by atoms with van der Waals surface area (Å²) >= 11 is 0. The van der Waals surface area contributed by atoms with E-state index in [9.17, 15) is 4.39 Å². The van der Waals surface area contributed by atoms with Gasteiger partial charge in [0.15, 0.2) is 5.79 Å². The average molecular weight is 202 g/mol. The highest BCUT2D eigenvalue weighted by molar-refractivity contribution is 5.85. The van der Waals surface area contributed by atoms with Gasteiger partial charge in [0.1, 0.15) is 0 Å². The minimum Gasteiger partial charge on any atom is -0.281 e. The van der Waals surface area contributed by atoms with E-state index in [4.69, 9.17) is 0 Å². The highest BCUT2D eigenvalue weighted by atomic mass is 35.5. The molecule has 0 spiro atoms. The second-order valence-corrected chi connectivity index (χ2v) is 3.34. The Balaban J connectivity index is 0.000000845. The van der Waals surface area contributed by atoms with Gasteiger partial charge in [-0.1, -0.05) is 24.3 Å². The van der Waals surface area contributed by atoms with Gasteiger partial charge in [-0.15, -0.1) is 12.4 Å². The Kier molecular flexibility index (Phi) is 2.94. The number of nitrogens with one attached hydrogen (secondary N) is 1. The second kappa shape index (κ2) is 3.64. The van der Waals surface area contributed by atoms with Crippen LogP contribution < -0.4 is 5.32 Å². The molecule has 0 fully saturated rings. The van der Waals surface area contributed by atoms with E-state index in [-0.39, 0.29) is 12.4 Å². The van der Waals surface area contributed by atoms with Gasteiger partial charge in [-0.2, -0.15) is 0 Å². The number of fused-ring (bicyclic) bond motifs is 1. The number of alkyl halides is 1. The summed E-state index contributed by atoms with van der Waals surface area (Å²) in [7, 11) is 0. The lowest BCUT2D eigenvalue weighted by Crippen LogP contribution is -2.41. The molecule has 0 saturated heterocycles. The molecule has 0 aliphatic carbocycles. The van der Waals surface area contributed by atoms with Gasteiger partial charge in [0.25, 0.3) is 0 Å². The zero-order valence-corrected chi connectivity index (χ0v) is 8.33. The molecular weight excluding hydrogens is 189 g/mol. The Hall–Kier alpha value is -0.600. The molecule has 1 aromatic rings. The smallest absolute Gasteiger partial charge is 0.184 e. The van der Waals surface area contributed by atoms with Crippen molar-refractivity contribution in [2.45, 2.75) is 19.1 Å². The van der Waals surface area contributed by atoms with Crippen molar-refractivity contribution in [3.05, 3.63) is 35.4 Å². The van der Waals surface area contributed by atoms with Gasteiger partial charge in [0.2, 0.25) is 0 Å². The van der Waals surface area contributed by atoms with Crippen molar-refractivity contribution in [3.8, 4) is 0 Å². The molecule has 1 aromatic carbocycles. The highest BCUT2D eigenvalue weighted by Crippen LogP contribution is 2.28. The molecule has 72 valence electrons. The molecule has 1 heterocycles. The lowest BCUT2D eigenvalue weighted by Gasteiger charge is -2.29. The van der Waals surface area contributed by atoms with Crippen molar-refractivity contribution in [1.82, 2.24) is 5.32 Å². The van der Waals surface area contributed by atoms with Crippen LogP contribution in [0.25, 0.3) is 0 Å². The third-order valence-electron chi connectivity index (χ3n) is 2.37. The van der Waals surface area contributed by atoms with E-state index in [1.165, 1.54) is 0 Å². The molecule has 1 nitrogen and oxygen atoms in total. The molecule has 1 N–H and O–H groups in total. The van der Waals surface area contributed by atoms with E-state index in [0.717, 1.165) is 24.1 Å². The van der Waals surface area contributed by atoms with E-state index in [1.54, 1.807) is 6.92 Å². The van der Waals surface area contributed by atoms with Gasteiger partial charge < -0.3 is 0 Å². The summed E-state index contributed by atoms with van der Waals surface area (Å²) in [5.41, 5.74) is 1.91. The Morgan fingerprint density at radius 3 is 2.77 bits per heavy atom. The van der Waals surface area contributed by atoms with Crippen molar-refractivity contribution >= 4 is 12.4 Å². The van der Waals surface area contributed by atoms with Crippen molar-refractivity contribution in [2.75, 3.05) is 6.54 Å². The first-order valence-corrected chi connectivity index (χ1v) is 4.22. The van der Waals surface area contributed by atoms with Gasteiger partial charge in [0.05, 0.1) is 0 Å². The van der Waals surface area contributed by atoms with Crippen LogP contribution in [0, 0.1) is 0 Å². The molecule has 0 amide bonds. The number of hydrogen-bond acceptors (Lipinski definition) is 1. The SMILES string of the molecule is CC1(F)NCCc2ccccc21.Cl. The summed E-state index contributed by atoms with van der Waals surface area (Å²) in [5.74, 6) is -1.34. The molecule has 0 bridgehead atoms. The summed E-state index contributed by atoms with van der Waals surface area (Å²) in [5, 5.41) is 2.85. The number of halogens is 2. The van der Waals surface area contributed by atoms with Crippen molar-refractivity contribution in [3.63, 3.8) is 0 Å². The van der Waals surface area contributed by atoms with E-state index < -0.39 is 5.79 Å². The summed E-state index contributed by atoms with van der Waals surface area (Å²) in [4.78, 5) is 0. The van der Waals surface area contributed by atoms with Crippen LogP contribution in [-0.2, 0) is 12.2 Å². The fraction of sp³-hybridized carbons (Fsp3) is 0.400. The third kappa shape index (κ3) is 1.84. The monoisotopic (exact) mass is 201 g/mol. The lowest BCUT2D eigenvalue weighted by atomic mass is 9.94. The first kappa shape index (κ1) is 10.5. The van der Waals surface area contributed by atoms with Gasteiger partial charge in [0, 0.05) is 12.1 Å². The largest absolute Gasteiger partial charge is 0.281 e. The van der Waals surface area contributed by atoms with Gasteiger partial charge in [-0.3, -0.25) is 5.32 Å². The topological polar surface area (TPSA) is 12.0 Å². The van der Waals surface area contributed by atoms with Crippen LogP contribution in [0.15, 0.2) is 24.3 Å². The summed E-state index contributed by atoms with van der Waals surface area (Å²) in [6.45, 7) is 2.30. The number of benzene rings is 1. The lowest BCUT2D eigenvalue weighted by molar-refractivity contribution is 0.130. The molecule has 1 aliphatic rings. The van der Waals surface area contributed by atoms with E-state index >= 15 is 0 Å². The molecule has 13 heavy (non-hydrogen) atoms. The van der Waals surface area contributed by atoms with E-state index in [2.05, 4.69) is 5.32 Å². The van der Waals surface area contributed by atoms with Crippen LogP contribution >= 0.6 is 12.4 Å². The standard InChI is InChI=1S/C10H12FN.ClH/c1-10(11)9-5-3-2-4-8(9)6-7-12-10;/h2-5,12H,6-7H2,1H3;1H. The maximum atomic E-state index is 13.8. The van der Waals surface area contributed by atoms with E-state index in [1.807, 2.05) is 24.3 Å². The van der Waals surface area contributed by atoms with Crippen molar-refractivity contribution < 1.29 is 4.39 Å². The third-order valence-corrected chi connectivity index (χ3v) is 2.37. The fourth-order valence-electron chi connectivity index (χ4n) is 1.72. The minimum absolute atomic E-state index is 0. The predicted octanol–water partition coefficient (Wildman–Crippen LogP) is 2.40. The first-order chi connectivity index (χ1) is 5.70. The fourth-order valence-corrected chi connectivity index (χ4v) is 1.72. The van der Waals surface area contributed by atoms with Gasteiger partial charge in [-0.05, 0) is 18.9 Å². The summed E-state index contributed by atoms with van der Waals surface area (Å²) < 4.78 is 13.8. The van der Waals surface area contributed by atoms with Crippen LogP contribution in [0.4, 0.5) is 4.39 Å². The highest BCUT2D eigenvalue weighted by Gasteiger charge is 2.30. The molecule has 0 radical (unpaired) electrons. The molecule has 3 heteroatoms. The predicted molar refractivity (Wildman–Crippen MR) is 53.9 cm³/mol. The minimum atomic E-state index is -1.34. The van der Waals surface area contributed by atoms with Crippen LogP contribution in [0.5, 0.6) is 0 Å². The molecule has 1 aliphatic heterocycles. The van der Waals surface area contributed by atoms with E-state index in [0.29, 0.717) is 0 Å². The molecule has 1 unspecified atom stereocenters. The molecule has 0 saturated carbocycles. The quantitative estimate of drug-likeness (QED) is 0.636. The first-order valence-electron chi connectivity index (χ1n) is 4.22. The molecular formula is C10H13ClFN. The average Bonchev–Trinajstić information content (AvgIpc) is 2.04. The van der Waals surface area contributed by atoms with Gasteiger partial charge in [-0.25, -0.2) is 4.39 Å².